The van der Waals surface area contributed by atoms with Crippen LogP contribution in [-0.4, -0.2) is 53.2 Å². The monoisotopic (exact) mass is 444 g/mol. The van der Waals surface area contributed by atoms with E-state index < -0.39 is 0 Å². The van der Waals surface area contributed by atoms with Gasteiger partial charge in [-0.25, -0.2) is 0 Å². The van der Waals surface area contributed by atoms with Crippen LogP contribution in [0, 0.1) is 5.92 Å². The molecule has 0 spiro atoms. The molecule has 0 saturated carbocycles. The van der Waals surface area contributed by atoms with Crippen molar-refractivity contribution in [1.82, 2.24) is 25.3 Å². The third-order valence-electron chi connectivity index (χ3n) is 6.05. The molecule has 2 heterocycles. The third kappa shape index (κ3) is 6.44. The van der Waals surface area contributed by atoms with Gasteiger partial charge in [0, 0.05) is 58.0 Å². The zero-order valence-electron chi connectivity index (χ0n) is 19.2. The lowest BCUT2D eigenvalue weighted by atomic mass is 10.1. The minimum Gasteiger partial charge on any atom is -0.356 e. The highest BCUT2D eigenvalue weighted by atomic mass is 16.2. The molecule has 1 aromatic heterocycles. The highest BCUT2D eigenvalue weighted by Crippen LogP contribution is 2.17. The number of carbonyl (C=O) groups is 1. The Balaban J connectivity index is 1.24. The predicted molar refractivity (Wildman–Crippen MR) is 131 cm³/mol. The summed E-state index contributed by atoms with van der Waals surface area (Å²) >= 11 is 0. The molecule has 1 atom stereocenters. The average molecular weight is 445 g/mol. The van der Waals surface area contributed by atoms with Crippen LogP contribution < -0.4 is 10.6 Å². The second-order valence-electron chi connectivity index (χ2n) is 8.42. The summed E-state index contributed by atoms with van der Waals surface area (Å²) in [6.45, 7) is 3.70. The molecule has 1 aliphatic heterocycles. The Bertz CT molecular complexity index is 1050. The number of aromatic nitrogens is 2. The van der Waals surface area contributed by atoms with Gasteiger partial charge in [0.25, 0.3) is 0 Å². The van der Waals surface area contributed by atoms with Crippen LogP contribution in [0.3, 0.4) is 0 Å². The second kappa shape index (κ2) is 11.3. The number of aliphatic imine (C=N–C) groups is 1. The molecule has 4 rings (SSSR count). The van der Waals surface area contributed by atoms with Crippen LogP contribution in [0.4, 0.5) is 0 Å². The topological polar surface area (TPSA) is 74.5 Å². The van der Waals surface area contributed by atoms with E-state index in [0.717, 1.165) is 38.6 Å². The quantitative estimate of drug-likeness (QED) is 0.393. The number of nitrogens with one attached hydrogen (secondary N) is 2. The van der Waals surface area contributed by atoms with E-state index in [0.29, 0.717) is 18.9 Å². The number of nitrogens with zero attached hydrogens (tertiary/aromatic N) is 4. The SMILES string of the molecule is CN=C(NCc1ccccc1Cn1cccn1)NCC1CC(=O)N(CCc2ccccc2)C1. The van der Waals surface area contributed by atoms with Gasteiger partial charge in [0.05, 0.1) is 6.54 Å². The van der Waals surface area contributed by atoms with Crippen molar-refractivity contribution in [3.63, 3.8) is 0 Å². The number of hydrogen-bond acceptors (Lipinski definition) is 3. The lowest BCUT2D eigenvalue weighted by Gasteiger charge is -2.18. The van der Waals surface area contributed by atoms with Crippen LogP contribution in [0.15, 0.2) is 78.0 Å². The summed E-state index contributed by atoms with van der Waals surface area (Å²) < 4.78 is 1.92. The fourth-order valence-corrected chi connectivity index (χ4v) is 4.21. The zero-order chi connectivity index (χ0) is 22.9. The van der Waals surface area contributed by atoms with Crippen LogP contribution >= 0.6 is 0 Å². The summed E-state index contributed by atoms with van der Waals surface area (Å²) in [5.74, 6) is 1.28. The van der Waals surface area contributed by atoms with Crippen LogP contribution in [0.1, 0.15) is 23.1 Å². The molecule has 172 valence electrons. The van der Waals surface area contributed by atoms with E-state index in [2.05, 4.69) is 51.1 Å². The van der Waals surface area contributed by atoms with Gasteiger partial charge in [0.2, 0.25) is 5.91 Å². The lowest BCUT2D eigenvalue weighted by Crippen LogP contribution is -2.40. The Hall–Kier alpha value is -3.61. The number of rotatable bonds is 9. The van der Waals surface area contributed by atoms with Crippen LogP contribution in [0.5, 0.6) is 0 Å². The van der Waals surface area contributed by atoms with Crippen LogP contribution in [0.2, 0.25) is 0 Å². The third-order valence-corrected chi connectivity index (χ3v) is 6.05. The number of carbonyl (C=O) groups excluding carboxylic acids is 1. The number of hydrogen-bond donors (Lipinski definition) is 2. The molecule has 1 fully saturated rings. The van der Waals surface area contributed by atoms with Crippen molar-refractivity contribution in [3.8, 4) is 0 Å². The standard InChI is InChI=1S/C26H32N6O/c1-27-26(29-18-23-10-5-6-11-24(23)20-32-14-7-13-30-32)28-17-22-16-25(33)31(19-22)15-12-21-8-3-2-4-9-21/h2-11,13-14,22H,12,15-20H2,1H3,(H2,27,28,29). The highest BCUT2D eigenvalue weighted by Gasteiger charge is 2.29. The van der Waals surface area contributed by atoms with E-state index in [1.165, 1.54) is 16.7 Å². The van der Waals surface area contributed by atoms with Gasteiger partial charge in [-0.1, -0.05) is 54.6 Å². The zero-order valence-corrected chi connectivity index (χ0v) is 19.2. The summed E-state index contributed by atoms with van der Waals surface area (Å²) in [5, 5.41) is 11.1. The first-order chi connectivity index (χ1) is 16.2. The van der Waals surface area contributed by atoms with E-state index in [9.17, 15) is 4.79 Å². The lowest BCUT2D eigenvalue weighted by molar-refractivity contribution is -0.127. The summed E-state index contributed by atoms with van der Waals surface area (Å²) in [6, 6.07) is 20.6. The summed E-state index contributed by atoms with van der Waals surface area (Å²) in [7, 11) is 1.77. The van der Waals surface area contributed by atoms with Gasteiger partial charge in [-0.15, -0.1) is 0 Å². The number of likely N-dealkylation sites (tertiary alicyclic amines) is 1. The second-order valence-corrected chi connectivity index (χ2v) is 8.42. The summed E-state index contributed by atoms with van der Waals surface area (Å²) in [5.41, 5.74) is 3.70. The molecule has 2 N–H and O–H groups in total. The molecule has 1 amide bonds. The van der Waals surface area contributed by atoms with Gasteiger partial charge in [0.15, 0.2) is 5.96 Å². The minimum atomic E-state index is 0.244. The van der Waals surface area contributed by atoms with Gasteiger partial charge in [-0.3, -0.25) is 14.5 Å². The predicted octanol–water partition coefficient (Wildman–Crippen LogP) is 2.69. The van der Waals surface area contributed by atoms with E-state index in [1.54, 1.807) is 13.2 Å². The van der Waals surface area contributed by atoms with Crippen molar-refractivity contribution in [2.24, 2.45) is 10.9 Å². The number of amides is 1. The van der Waals surface area contributed by atoms with Gasteiger partial charge >= 0.3 is 0 Å². The van der Waals surface area contributed by atoms with E-state index in [4.69, 9.17) is 0 Å². The smallest absolute Gasteiger partial charge is 0.223 e. The van der Waals surface area contributed by atoms with Crippen molar-refractivity contribution in [1.29, 1.82) is 0 Å². The van der Waals surface area contributed by atoms with Crippen molar-refractivity contribution in [3.05, 3.63) is 89.7 Å². The maximum absolute atomic E-state index is 12.4. The first-order valence-electron chi connectivity index (χ1n) is 11.5. The van der Waals surface area contributed by atoms with Gasteiger partial charge in [-0.2, -0.15) is 5.10 Å². The molecule has 3 aromatic rings. The molecule has 2 aromatic carbocycles. The van der Waals surface area contributed by atoms with Gasteiger partial charge in [-0.05, 0) is 29.2 Å². The molecular weight excluding hydrogens is 412 g/mol. The Labute approximate surface area is 195 Å². The van der Waals surface area contributed by atoms with Gasteiger partial charge < -0.3 is 15.5 Å². The summed E-state index contributed by atoms with van der Waals surface area (Å²) in [4.78, 5) is 18.8. The average Bonchev–Trinajstić information content (AvgIpc) is 3.48. The normalized spacial score (nSPS) is 16.3. The minimum absolute atomic E-state index is 0.244. The molecule has 7 heteroatoms. The summed E-state index contributed by atoms with van der Waals surface area (Å²) in [6.07, 6.45) is 5.25. The van der Waals surface area contributed by atoms with Crippen molar-refractivity contribution >= 4 is 11.9 Å². The maximum Gasteiger partial charge on any atom is 0.223 e. The van der Waals surface area contributed by atoms with E-state index in [-0.39, 0.29) is 5.91 Å². The van der Waals surface area contributed by atoms with Crippen molar-refractivity contribution < 1.29 is 4.79 Å². The van der Waals surface area contributed by atoms with E-state index >= 15 is 0 Å². The molecule has 7 nitrogen and oxygen atoms in total. The molecular formula is C26H32N6O. The fourth-order valence-electron chi connectivity index (χ4n) is 4.21. The first kappa shape index (κ1) is 22.6. The molecule has 0 radical (unpaired) electrons. The van der Waals surface area contributed by atoms with Crippen molar-refractivity contribution in [2.45, 2.75) is 25.9 Å². The Morgan fingerprint density at radius 2 is 1.85 bits per heavy atom. The van der Waals surface area contributed by atoms with Crippen LogP contribution in [0.25, 0.3) is 0 Å². The fraction of sp³-hybridized carbons (Fsp3) is 0.346. The molecule has 1 unspecified atom stereocenters. The first-order valence-corrected chi connectivity index (χ1v) is 11.5. The van der Waals surface area contributed by atoms with E-state index in [1.807, 2.05) is 46.1 Å². The van der Waals surface area contributed by atoms with Crippen molar-refractivity contribution in [2.75, 3.05) is 26.7 Å². The molecule has 0 bridgehead atoms. The largest absolute Gasteiger partial charge is 0.356 e. The maximum atomic E-state index is 12.4. The Kier molecular flexibility index (Phi) is 7.74. The Morgan fingerprint density at radius 3 is 2.61 bits per heavy atom. The van der Waals surface area contributed by atoms with Crippen LogP contribution in [-0.2, 0) is 24.3 Å². The molecule has 33 heavy (non-hydrogen) atoms. The van der Waals surface area contributed by atoms with Gasteiger partial charge in [0.1, 0.15) is 0 Å². The molecule has 1 saturated heterocycles. The Morgan fingerprint density at radius 1 is 1.06 bits per heavy atom. The number of guanidine groups is 1. The highest BCUT2D eigenvalue weighted by molar-refractivity contribution is 5.80. The number of benzene rings is 2. The molecule has 1 aliphatic rings. The molecule has 0 aliphatic carbocycles.